The molecule has 2 aliphatic heterocycles. The molecule has 4 fully saturated rings. The lowest BCUT2D eigenvalue weighted by molar-refractivity contribution is -0.305. The molecule has 42 heavy (non-hydrogen) atoms. The summed E-state index contributed by atoms with van der Waals surface area (Å²) < 4.78 is 20.5. The predicted molar refractivity (Wildman–Crippen MR) is 172 cm³/mol. The molecule has 1 N–H and O–H groups in total. The van der Waals surface area contributed by atoms with Gasteiger partial charge in [0.2, 0.25) is 0 Å². The summed E-state index contributed by atoms with van der Waals surface area (Å²) in [6, 6.07) is 0. The van der Waals surface area contributed by atoms with Gasteiger partial charge in [-0.05, 0) is 101 Å². The molecule has 0 aromatic carbocycles. The van der Waals surface area contributed by atoms with E-state index in [9.17, 15) is 0 Å². The number of fused-ring (bicyclic) bond motifs is 4. The number of ether oxygens (including phenoxy) is 3. The van der Waals surface area contributed by atoms with Crippen molar-refractivity contribution in [3.63, 3.8) is 0 Å². The highest BCUT2D eigenvalue weighted by molar-refractivity contribution is 5.47. The van der Waals surface area contributed by atoms with Crippen LogP contribution in [0.2, 0.25) is 0 Å². The number of likely N-dealkylation sites (N-methyl/N-ethyl adjacent to an activating group) is 1. The Bertz CT molecular complexity index is 1140. The van der Waals surface area contributed by atoms with E-state index in [1.54, 1.807) is 5.57 Å². The minimum absolute atomic E-state index is 0.0107. The van der Waals surface area contributed by atoms with E-state index in [1.807, 2.05) is 0 Å². The molecule has 4 heteroatoms. The first-order valence-electron chi connectivity index (χ1n) is 17.7. The van der Waals surface area contributed by atoms with Crippen molar-refractivity contribution in [1.29, 1.82) is 0 Å². The van der Waals surface area contributed by atoms with Crippen LogP contribution in [0.15, 0.2) is 23.5 Å². The maximum atomic E-state index is 6.95. The number of hydrogen-bond donors (Lipinski definition) is 1. The smallest absolute Gasteiger partial charge is 0.122 e. The average Bonchev–Trinajstić information content (AvgIpc) is 2.92. The number of rotatable bonds is 9. The molecule has 4 nitrogen and oxygen atoms in total. The Hall–Kier alpha value is -0.840. The molecule has 2 heterocycles. The van der Waals surface area contributed by atoms with Crippen molar-refractivity contribution in [1.82, 2.24) is 5.32 Å². The Morgan fingerprint density at radius 1 is 1.10 bits per heavy atom. The Morgan fingerprint density at radius 2 is 1.81 bits per heavy atom. The first-order chi connectivity index (χ1) is 19.6. The van der Waals surface area contributed by atoms with Gasteiger partial charge >= 0.3 is 0 Å². The van der Waals surface area contributed by atoms with Crippen molar-refractivity contribution in [3.05, 3.63) is 23.5 Å². The lowest BCUT2D eigenvalue weighted by Crippen LogP contribution is -2.76. The molecule has 12 atom stereocenters. The van der Waals surface area contributed by atoms with Crippen LogP contribution in [0.5, 0.6) is 0 Å². The molecule has 4 aliphatic carbocycles. The highest BCUT2D eigenvalue weighted by Gasteiger charge is 2.78. The lowest BCUT2D eigenvalue weighted by Gasteiger charge is -2.77. The molecule has 0 radical (unpaired) electrons. The van der Waals surface area contributed by atoms with Gasteiger partial charge in [-0.3, -0.25) is 0 Å². The summed E-state index contributed by atoms with van der Waals surface area (Å²) in [7, 11) is 2.08. The second kappa shape index (κ2) is 9.83. The van der Waals surface area contributed by atoms with Gasteiger partial charge in [-0.2, -0.15) is 0 Å². The van der Waals surface area contributed by atoms with Crippen molar-refractivity contribution in [3.8, 4) is 0 Å². The van der Waals surface area contributed by atoms with E-state index in [0.29, 0.717) is 40.9 Å². The molecule has 6 unspecified atom stereocenters. The standard InChI is InChI=1S/C38H63NO3/c1-13-31(41-22-35(10,39-12)24(4)5)33(8)21-40-26(7)36(11)28-16-17-37-20-29-32(37)38(42-29,25(6)23(2)3)19-18-34(37,9)27(28)14-15-30(33)36/h16,20,23-27,30-32,39H,13-15,17-19,21-22H2,1-12H3/t25-,26?,27?,30?,31?,32+,33+,34?,35+,36?,37-,38+/m1/s1. The van der Waals surface area contributed by atoms with Crippen LogP contribution in [0.1, 0.15) is 115 Å². The van der Waals surface area contributed by atoms with Gasteiger partial charge < -0.3 is 19.5 Å². The third-order valence-corrected chi connectivity index (χ3v) is 15.6. The summed E-state index contributed by atoms with van der Waals surface area (Å²) in [6.07, 6.45) is 13.0. The summed E-state index contributed by atoms with van der Waals surface area (Å²) in [6.45, 7) is 28.1. The van der Waals surface area contributed by atoms with Crippen molar-refractivity contribution >= 4 is 0 Å². The maximum absolute atomic E-state index is 6.95. The monoisotopic (exact) mass is 581 g/mol. The van der Waals surface area contributed by atoms with E-state index in [0.717, 1.165) is 19.6 Å². The Morgan fingerprint density at radius 3 is 2.40 bits per heavy atom. The normalized spacial score (nSPS) is 48.1. The van der Waals surface area contributed by atoms with Gasteiger partial charge in [-0.1, -0.05) is 74.0 Å². The van der Waals surface area contributed by atoms with E-state index >= 15 is 0 Å². The SMILES string of the molecule is CCC(OC[C@](C)(NC)C(C)C)[C@@]1(C)COC(C)C2(C)C3=CC[C@]45C=C6O[C@]([C@H](C)C(C)C)(CCC4(C)C3CCC21)[C@@H]65. The Balaban J connectivity index is 1.33. The van der Waals surface area contributed by atoms with Gasteiger partial charge in [0.25, 0.3) is 0 Å². The summed E-state index contributed by atoms with van der Waals surface area (Å²) in [4.78, 5) is 0. The molecule has 2 saturated heterocycles. The van der Waals surface area contributed by atoms with Crippen LogP contribution in [0.3, 0.4) is 0 Å². The molecule has 6 rings (SSSR count). The fourth-order valence-corrected chi connectivity index (χ4v) is 11.7. The first-order valence-corrected chi connectivity index (χ1v) is 17.7. The van der Waals surface area contributed by atoms with E-state index in [-0.39, 0.29) is 39.6 Å². The van der Waals surface area contributed by atoms with Crippen molar-refractivity contribution in [2.24, 2.45) is 57.2 Å². The van der Waals surface area contributed by atoms with Gasteiger partial charge in [0.15, 0.2) is 0 Å². The second-order valence-corrected chi connectivity index (χ2v) is 17.3. The molecule has 0 bridgehead atoms. The highest BCUT2D eigenvalue weighted by Crippen LogP contribution is 2.80. The number of nitrogens with one attached hydrogen (secondary N) is 1. The fraction of sp³-hybridized carbons (Fsp3) is 0.895. The van der Waals surface area contributed by atoms with E-state index in [1.165, 1.54) is 37.9 Å². The molecule has 1 spiro atoms. The van der Waals surface area contributed by atoms with Gasteiger partial charge in [-0.15, -0.1) is 0 Å². The maximum Gasteiger partial charge on any atom is 0.122 e. The molecular weight excluding hydrogens is 518 g/mol. The van der Waals surface area contributed by atoms with E-state index < -0.39 is 0 Å². The Labute approximate surface area is 258 Å². The Kier molecular flexibility index (Phi) is 7.29. The topological polar surface area (TPSA) is 39.7 Å². The summed E-state index contributed by atoms with van der Waals surface area (Å²) >= 11 is 0. The van der Waals surface area contributed by atoms with Gasteiger partial charge in [0.05, 0.1) is 31.3 Å². The fourth-order valence-electron chi connectivity index (χ4n) is 11.7. The number of allylic oxidation sites excluding steroid dienone is 2. The minimum Gasteiger partial charge on any atom is -0.490 e. The van der Waals surface area contributed by atoms with E-state index in [2.05, 4.69) is 101 Å². The largest absolute Gasteiger partial charge is 0.490 e. The van der Waals surface area contributed by atoms with Crippen molar-refractivity contribution in [2.75, 3.05) is 20.3 Å². The zero-order chi connectivity index (χ0) is 30.7. The third-order valence-electron chi connectivity index (χ3n) is 15.6. The van der Waals surface area contributed by atoms with Crippen LogP contribution in [0.25, 0.3) is 0 Å². The van der Waals surface area contributed by atoms with Crippen molar-refractivity contribution in [2.45, 2.75) is 138 Å². The van der Waals surface area contributed by atoms with Crippen LogP contribution in [0, 0.1) is 57.2 Å². The second-order valence-electron chi connectivity index (χ2n) is 17.3. The first kappa shape index (κ1) is 31.2. The van der Waals surface area contributed by atoms with Crippen LogP contribution < -0.4 is 5.32 Å². The molecule has 6 aliphatic rings. The van der Waals surface area contributed by atoms with Crippen LogP contribution >= 0.6 is 0 Å². The predicted octanol–water partition coefficient (Wildman–Crippen LogP) is 8.56. The lowest BCUT2D eigenvalue weighted by atomic mass is 9.32. The summed E-state index contributed by atoms with van der Waals surface area (Å²) in [5.74, 6) is 4.87. The molecule has 2 saturated carbocycles. The van der Waals surface area contributed by atoms with Gasteiger partial charge in [0.1, 0.15) is 11.4 Å². The third kappa shape index (κ3) is 3.64. The van der Waals surface area contributed by atoms with Gasteiger partial charge in [0, 0.05) is 21.8 Å². The van der Waals surface area contributed by atoms with E-state index in [4.69, 9.17) is 14.2 Å². The average molecular weight is 582 g/mol. The van der Waals surface area contributed by atoms with Crippen molar-refractivity contribution < 1.29 is 14.2 Å². The van der Waals surface area contributed by atoms with Crippen LogP contribution in [-0.2, 0) is 14.2 Å². The molecule has 0 aromatic rings. The van der Waals surface area contributed by atoms with Crippen LogP contribution in [0.4, 0.5) is 0 Å². The zero-order valence-electron chi connectivity index (χ0n) is 29.2. The van der Waals surface area contributed by atoms with Crippen LogP contribution in [-0.4, -0.2) is 43.6 Å². The van der Waals surface area contributed by atoms with Gasteiger partial charge in [-0.25, -0.2) is 0 Å². The molecule has 0 amide bonds. The summed E-state index contributed by atoms with van der Waals surface area (Å²) in [5.41, 5.74) is 2.35. The number of hydrogen-bond acceptors (Lipinski definition) is 4. The summed E-state index contributed by atoms with van der Waals surface area (Å²) in [5, 5.41) is 3.57. The molecule has 0 aromatic heterocycles. The quantitative estimate of drug-likeness (QED) is 0.277. The highest BCUT2D eigenvalue weighted by atomic mass is 16.5. The zero-order valence-corrected chi connectivity index (χ0v) is 29.2. The molecular formula is C38H63NO3. The molecule has 238 valence electrons. The minimum atomic E-state index is -0.0357.